The fourth-order valence-electron chi connectivity index (χ4n) is 5.10. The van der Waals surface area contributed by atoms with E-state index >= 15 is 0 Å². The van der Waals surface area contributed by atoms with Crippen LogP contribution in [-0.2, 0) is 42.1 Å². The first-order chi connectivity index (χ1) is 24.1. The number of ether oxygens (including phenoxy) is 2. The summed E-state index contributed by atoms with van der Waals surface area (Å²) >= 11 is 0. The molecule has 51 heavy (non-hydrogen) atoms. The molecule has 1 aliphatic rings. The molecule has 0 aliphatic carbocycles. The minimum Gasteiger partial charge on any atom is -0.669 e. The Labute approximate surface area is 327 Å². The van der Waals surface area contributed by atoms with E-state index in [-0.39, 0.29) is 42.1 Å². The van der Waals surface area contributed by atoms with Gasteiger partial charge in [0, 0.05) is 56.5 Å². The van der Waals surface area contributed by atoms with Crippen molar-refractivity contribution in [2.45, 2.75) is 0 Å². The fraction of sp³-hybridized carbons (Fsp3) is 0.0233. The molecular formula is C43H27N4O2Pt2-3. The molecule has 2 aromatic heterocycles. The largest absolute Gasteiger partial charge is 4.00 e. The van der Waals surface area contributed by atoms with E-state index in [0.29, 0.717) is 23.0 Å². The number of fused-ring (bicyclic) bond motifs is 1. The Balaban J connectivity index is 0.000000503. The summed E-state index contributed by atoms with van der Waals surface area (Å²) in [6, 6.07) is 53.6. The first-order valence-corrected chi connectivity index (χ1v) is 15.4. The zero-order valence-electron chi connectivity index (χ0n) is 27.1. The van der Waals surface area contributed by atoms with Crippen LogP contribution >= 0.6 is 0 Å². The normalized spacial score (nSPS) is 11.5. The molecule has 0 radical (unpaired) electrons. The minimum atomic E-state index is 0. The third kappa shape index (κ3) is 9.27. The van der Waals surface area contributed by atoms with E-state index < -0.39 is 0 Å². The van der Waals surface area contributed by atoms with Crippen molar-refractivity contribution in [3.8, 4) is 51.4 Å². The molecule has 0 amide bonds. The van der Waals surface area contributed by atoms with Gasteiger partial charge < -0.3 is 35.2 Å². The van der Waals surface area contributed by atoms with Gasteiger partial charge in [-0.1, -0.05) is 53.0 Å². The Morgan fingerprint density at radius 2 is 1.49 bits per heavy atom. The van der Waals surface area contributed by atoms with E-state index in [1.807, 2.05) is 133 Å². The van der Waals surface area contributed by atoms with Crippen LogP contribution < -0.4 is 14.4 Å². The molecule has 8 rings (SSSR count). The first kappa shape index (κ1) is 36.9. The number of rotatable bonds is 7. The van der Waals surface area contributed by atoms with Gasteiger partial charge in [-0.15, -0.1) is 53.7 Å². The maximum atomic E-state index is 6.57. The predicted octanol–water partition coefficient (Wildman–Crippen LogP) is 9.38. The number of anilines is 1. The van der Waals surface area contributed by atoms with Crippen molar-refractivity contribution in [1.82, 2.24) is 14.5 Å². The Morgan fingerprint density at radius 1 is 0.725 bits per heavy atom. The predicted molar refractivity (Wildman–Crippen MR) is 190 cm³/mol. The van der Waals surface area contributed by atoms with Crippen molar-refractivity contribution in [2.75, 3.05) is 11.9 Å². The van der Waals surface area contributed by atoms with Gasteiger partial charge in [-0.25, -0.2) is 24.2 Å². The van der Waals surface area contributed by atoms with E-state index in [2.05, 4.69) is 53.5 Å². The molecule has 7 aromatic rings. The second-order valence-electron chi connectivity index (χ2n) is 10.9. The number of para-hydroxylation sites is 1. The van der Waals surface area contributed by atoms with Gasteiger partial charge >= 0.3 is 21.1 Å². The van der Waals surface area contributed by atoms with E-state index in [1.165, 1.54) is 0 Å². The number of hydrogen-bond donors (Lipinski definition) is 0. The van der Waals surface area contributed by atoms with Crippen molar-refractivity contribution in [2.24, 2.45) is 0 Å². The molecule has 3 heterocycles. The van der Waals surface area contributed by atoms with Crippen molar-refractivity contribution >= 4 is 16.5 Å². The average molecular weight is 1020 g/mol. The van der Waals surface area contributed by atoms with Gasteiger partial charge in [-0.3, -0.25) is 11.1 Å². The van der Waals surface area contributed by atoms with E-state index in [0.717, 1.165) is 38.8 Å². The van der Waals surface area contributed by atoms with Gasteiger partial charge in [0.2, 0.25) is 0 Å². The molecule has 0 saturated carbocycles. The Hall–Kier alpha value is -5.33. The van der Waals surface area contributed by atoms with Crippen molar-refractivity contribution in [3.05, 3.63) is 184 Å². The van der Waals surface area contributed by atoms with Crippen LogP contribution in [0.3, 0.4) is 0 Å². The summed E-state index contributed by atoms with van der Waals surface area (Å²) in [5, 5.41) is 1.97. The quantitative estimate of drug-likeness (QED) is 0.118. The minimum absolute atomic E-state index is 0. The van der Waals surface area contributed by atoms with Crippen LogP contribution in [0.2, 0.25) is 0 Å². The number of hydrogen-bond acceptors (Lipinski definition) is 5. The summed E-state index contributed by atoms with van der Waals surface area (Å²) in [7, 11) is 1.98. The zero-order chi connectivity index (χ0) is 33.4. The summed E-state index contributed by atoms with van der Waals surface area (Å²) in [5.41, 5.74) is 4.11. The SMILES string of the molecule is CN1C=CN(c2[c-]c(Oc3[c-]c(-c4cc(-c5[c-]c(Oc6[c-]cccc6)ccc5)[c-]cn4)cc4ccccc34)ccc2)[CH-]1.[C-]#Cn1cccc1.[Pt+4].[Pt]. The standard InChI is InChI=1S/C37H23N3O2.C6H4N.2Pt/c1-39-19-20-40(26-39)31-11-8-15-34(25-31)42-37-24-30(21-29-9-5-6-16-35(29)37)36-23-28(17-18-38-36)27-10-7-14-33(22-27)41-32-12-3-2-4-13-32;1-2-7-5-3-4-6-7;;/h2-12,14-16,18-21,23,26H,1H3;3-6H;;/q-6;-1;;+4. The van der Waals surface area contributed by atoms with Crippen molar-refractivity contribution in [1.29, 1.82) is 0 Å². The molecule has 254 valence electrons. The van der Waals surface area contributed by atoms with E-state index in [9.17, 15) is 0 Å². The molecule has 0 spiro atoms. The smallest absolute Gasteiger partial charge is 0.669 e. The second-order valence-corrected chi connectivity index (χ2v) is 10.9. The maximum Gasteiger partial charge on any atom is 4.00 e. The fourth-order valence-corrected chi connectivity index (χ4v) is 5.10. The van der Waals surface area contributed by atoms with Crippen LogP contribution in [0.25, 0.3) is 33.2 Å². The Bertz CT molecular complexity index is 2270. The molecule has 0 saturated heterocycles. The molecule has 1 aliphatic heterocycles. The number of aromatic nitrogens is 2. The van der Waals surface area contributed by atoms with Crippen LogP contribution in [0, 0.1) is 49.5 Å². The summed E-state index contributed by atoms with van der Waals surface area (Å²) in [6.45, 7) is 1.98. The Morgan fingerprint density at radius 3 is 2.24 bits per heavy atom. The first-order valence-electron chi connectivity index (χ1n) is 15.4. The number of nitrogens with zero attached hydrogens (tertiary/aromatic N) is 4. The Kier molecular flexibility index (Phi) is 12.7. The number of benzene rings is 5. The summed E-state index contributed by atoms with van der Waals surface area (Å²) in [5.74, 6) is 2.43. The summed E-state index contributed by atoms with van der Waals surface area (Å²) in [6.07, 6.45) is 15.7. The van der Waals surface area contributed by atoms with Crippen molar-refractivity contribution < 1.29 is 51.6 Å². The van der Waals surface area contributed by atoms with Gasteiger partial charge in [0.1, 0.15) is 0 Å². The topological polar surface area (TPSA) is 42.8 Å². The third-order valence-electron chi connectivity index (χ3n) is 7.44. The van der Waals surface area contributed by atoms with Crippen LogP contribution in [0.15, 0.2) is 140 Å². The third-order valence-corrected chi connectivity index (χ3v) is 7.44. The summed E-state index contributed by atoms with van der Waals surface area (Å²) in [4.78, 5) is 8.60. The zero-order valence-corrected chi connectivity index (χ0v) is 31.6. The van der Waals surface area contributed by atoms with E-state index in [1.54, 1.807) is 23.2 Å². The van der Waals surface area contributed by atoms with Crippen molar-refractivity contribution in [3.63, 3.8) is 0 Å². The molecule has 0 N–H and O–H groups in total. The molecule has 8 heteroatoms. The van der Waals surface area contributed by atoms with E-state index in [4.69, 9.17) is 15.9 Å². The molecule has 0 atom stereocenters. The maximum absolute atomic E-state index is 6.57. The molecular weight excluding hydrogens is 995 g/mol. The average Bonchev–Trinajstić information content (AvgIpc) is 3.85. The number of pyridine rings is 1. The molecule has 5 aromatic carbocycles. The molecule has 0 fully saturated rings. The van der Waals surface area contributed by atoms with Gasteiger partial charge in [0.15, 0.2) is 0 Å². The second kappa shape index (κ2) is 17.5. The van der Waals surface area contributed by atoms with Gasteiger partial charge in [-0.05, 0) is 31.6 Å². The van der Waals surface area contributed by atoms with Gasteiger partial charge in [0.05, 0.1) is 0 Å². The molecule has 0 unspecified atom stereocenters. The van der Waals surface area contributed by atoms with Crippen LogP contribution in [0.4, 0.5) is 5.69 Å². The van der Waals surface area contributed by atoms with Gasteiger partial charge in [0.25, 0.3) is 0 Å². The summed E-state index contributed by atoms with van der Waals surface area (Å²) < 4.78 is 13.9. The monoisotopic (exact) mass is 1020 g/mol. The molecule has 6 nitrogen and oxygen atoms in total. The molecule has 0 bridgehead atoms. The van der Waals surface area contributed by atoms with Crippen LogP contribution in [0.1, 0.15) is 0 Å². The van der Waals surface area contributed by atoms with Crippen LogP contribution in [-0.4, -0.2) is 21.5 Å². The van der Waals surface area contributed by atoms with Gasteiger partial charge in [-0.2, -0.15) is 43.1 Å². The van der Waals surface area contributed by atoms with Crippen LogP contribution in [0.5, 0.6) is 23.0 Å².